The number of hydrogen-bond acceptors (Lipinski definition) is 4. The number of imidazole rings is 1. The average molecular weight is 277 g/mol. The molecule has 96 valence electrons. The highest BCUT2D eigenvalue weighted by atomic mass is 32.1. The molecule has 0 saturated carbocycles. The van der Waals surface area contributed by atoms with Crippen molar-refractivity contribution in [3.8, 4) is 11.3 Å². The summed E-state index contributed by atoms with van der Waals surface area (Å²) in [5.74, 6) is -0.830. The summed E-state index contributed by atoms with van der Waals surface area (Å²) in [6, 6.07) is 3.91. The first-order valence-electron chi connectivity index (χ1n) is 5.44. The molecule has 0 fully saturated rings. The van der Waals surface area contributed by atoms with Crippen molar-refractivity contribution in [3.05, 3.63) is 51.4 Å². The zero-order chi connectivity index (χ0) is 13.6. The van der Waals surface area contributed by atoms with Crippen LogP contribution in [0.2, 0.25) is 0 Å². The molecule has 5 nitrogen and oxygen atoms in total. The molecule has 3 rings (SSSR count). The van der Waals surface area contributed by atoms with Crippen molar-refractivity contribution < 1.29 is 9.31 Å². The number of aryl methyl sites for hydroxylation is 1. The van der Waals surface area contributed by atoms with Gasteiger partial charge in [0.1, 0.15) is 0 Å². The van der Waals surface area contributed by atoms with Crippen LogP contribution in [0.5, 0.6) is 0 Å². The van der Waals surface area contributed by atoms with Crippen molar-refractivity contribution >= 4 is 22.0 Å². The van der Waals surface area contributed by atoms with Gasteiger partial charge in [-0.15, -0.1) is 11.3 Å². The van der Waals surface area contributed by atoms with E-state index in [1.165, 1.54) is 23.5 Å². The second kappa shape index (κ2) is 4.13. The molecular weight excluding hydrogens is 269 g/mol. The topological polar surface area (TPSA) is 60.4 Å². The molecule has 0 amide bonds. The molecule has 2 aromatic heterocycles. The lowest BCUT2D eigenvalue weighted by Crippen LogP contribution is -1.94. The molecule has 0 radical (unpaired) electrons. The zero-order valence-corrected chi connectivity index (χ0v) is 10.6. The maximum absolute atomic E-state index is 13.4. The number of rotatable bonds is 2. The van der Waals surface area contributed by atoms with Gasteiger partial charge >= 0.3 is 5.69 Å². The first-order valence-corrected chi connectivity index (χ1v) is 6.26. The number of aromatic nitrogens is 2. The lowest BCUT2D eigenvalue weighted by atomic mass is 10.1. The second-order valence-electron chi connectivity index (χ2n) is 4.01. The molecule has 1 aromatic carbocycles. The van der Waals surface area contributed by atoms with Crippen LogP contribution in [-0.2, 0) is 0 Å². The predicted molar refractivity (Wildman–Crippen MR) is 69.9 cm³/mol. The smallest absolute Gasteiger partial charge is 0.290 e. The fourth-order valence-electron chi connectivity index (χ4n) is 2.03. The van der Waals surface area contributed by atoms with E-state index in [0.29, 0.717) is 5.56 Å². The highest BCUT2D eigenvalue weighted by Crippen LogP contribution is 2.33. The largest absolute Gasteiger partial charge is 0.305 e. The number of fused-ring (bicyclic) bond motifs is 1. The van der Waals surface area contributed by atoms with Crippen molar-refractivity contribution in [1.82, 2.24) is 9.38 Å². The molecule has 2 heterocycles. The van der Waals surface area contributed by atoms with Gasteiger partial charge < -0.3 is 0 Å². The van der Waals surface area contributed by atoms with E-state index in [4.69, 9.17) is 0 Å². The number of hydrogen-bond donors (Lipinski definition) is 0. The molecule has 0 aliphatic heterocycles. The summed E-state index contributed by atoms with van der Waals surface area (Å²) >= 11 is 1.49. The van der Waals surface area contributed by atoms with Gasteiger partial charge in [0.25, 0.3) is 0 Å². The second-order valence-corrected chi connectivity index (χ2v) is 5.19. The van der Waals surface area contributed by atoms with Gasteiger partial charge in [-0.25, -0.2) is 4.98 Å². The molecular formula is C12H8FN3O2S. The van der Waals surface area contributed by atoms with Crippen LogP contribution < -0.4 is 0 Å². The number of benzene rings is 1. The Morgan fingerprint density at radius 1 is 1.47 bits per heavy atom. The Hall–Kier alpha value is -2.28. The minimum atomic E-state index is -0.830. The van der Waals surface area contributed by atoms with Crippen molar-refractivity contribution in [2.45, 2.75) is 6.92 Å². The van der Waals surface area contributed by atoms with Gasteiger partial charge in [-0.3, -0.25) is 14.5 Å². The van der Waals surface area contributed by atoms with Crippen LogP contribution in [0.4, 0.5) is 10.1 Å². The summed E-state index contributed by atoms with van der Waals surface area (Å²) in [4.78, 5) is 16.0. The number of nitro groups is 1. The Bertz CT molecular complexity index is 793. The Balaban J connectivity index is 2.27. The Morgan fingerprint density at radius 2 is 2.26 bits per heavy atom. The molecule has 0 unspecified atom stereocenters. The van der Waals surface area contributed by atoms with E-state index >= 15 is 0 Å². The zero-order valence-electron chi connectivity index (χ0n) is 9.83. The van der Waals surface area contributed by atoms with Gasteiger partial charge in [0.2, 0.25) is 5.82 Å². The van der Waals surface area contributed by atoms with Crippen LogP contribution in [0.15, 0.2) is 30.6 Å². The summed E-state index contributed by atoms with van der Waals surface area (Å²) in [5, 5.41) is 10.8. The maximum atomic E-state index is 13.4. The van der Waals surface area contributed by atoms with E-state index in [2.05, 4.69) is 4.98 Å². The first kappa shape index (κ1) is 11.8. The van der Waals surface area contributed by atoms with Crippen LogP contribution in [0, 0.1) is 22.9 Å². The highest BCUT2D eigenvalue weighted by molar-refractivity contribution is 7.17. The number of halogens is 1. The third-order valence-corrected chi connectivity index (χ3v) is 3.83. The van der Waals surface area contributed by atoms with E-state index < -0.39 is 16.4 Å². The summed E-state index contributed by atoms with van der Waals surface area (Å²) in [6.45, 7) is 1.91. The lowest BCUT2D eigenvalue weighted by molar-refractivity contribution is -0.387. The van der Waals surface area contributed by atoms with Crippen molar-refractivity contribution in [1.29, 1.82) is 0 Å². The third kappa shape index (κ3) is 1.78. The van der Waals surface area contributed by atoms with E-state index in [1.54, 1.807) is 12.4 Å². The summed E-state index contributed by atoms with van der Waals surface area (Å²) < 4.78 is 15.2. The number of nitro benzene ring substituents is 1. The highest BCUT2D eigenvalue weighted by Gasteiger charge is 2.18. The number of nitrogens with zero attached hydrogens (tertiary/aromatic N) is 3. The number of thiazole rings is 1. The molecule has 0 saturated heterocycles. The third-order valence-electron chi connectivity index (χ3n) is 2.84. The molecule has 0 N–H and O–H groups in total. The Labute approximate surface area is 111 Å². The molecule has 3 aromatic rings. The maximum Gasteiger partial charge on any atom is 0.305 e. The van der Waals surface area contributed by atoms with Gasteiger partial charge in [-0.1, -0.05) is 0 Å². The predicted octanol–water partition coefficient (Wildman–Crippen LogP) is 3.42. The van der Waals surface area contributed by atoms with Crippen molar-refractivity contribution in [2.24, 2.45) is 0 Å². The Morgan fingerprint density at radius 3 is 3.00 bits per heavy atom. The molecule has 19 heavy (non-hydrogen) atoms. The Kier molecular flexibility index (Phi) is 2.56. The van der Waals surface area contributed by atoms with Crippen LogP contribution >= 0.6 is 11.3 Å². The van der Waals surface area contributed by atoms with Gasteiger partial charge in [-0.05, 0) is 19.1 Å². The van der Waals surface area contributed by atoms with Gasteiger partial charge in [0, 0.05) is 28.9 Å². The SMILES string of the molecule is Cc1sc2nccn2c1-c1ccc(F)c([N+](=O)[O-])c1. The van der Waals surface area contributed by atoms with Crippen LogP contribution in [0.3, 0.4) is 0 Å². The van der Waals surface area contributed by atoms with Crippen molar-refractivity contribution in [2.75, 3.05) is 0 Å². The molecule has 0 aliphatic rings. The fraction of sp³-hybridized carbons (Fsp3) is 0.0833. The van der Waals surface area contributed by atoms with E-state index in [-0.39, 0.29) is 0 Å². The quantitative estimate of drug-likeness (QED) is 0.532. The molecule has 0 bridgehead atoms. The van der Waals surface area contributed by atoms with Gasteiger partial charge in [0.15, 0.2) is 4.96 Å². The van der Waals surface area contributed by atoms with E-state index in [1.807, 2.05) is 11.3 Å². The van der Waals surface area contributed by atoms with Crippen molar-refractivity contribution in [3.63, 3.8) is 0 Å². The monoisotopic (exact) mass is 277 g/mol. The summed E-state index contributed by atoms with van der Waals surface area (Å²) in [7, 11) is 0. The molecule has 0 aliphatic carbocycles. The lowest BCUT2D eigenvalue weighted by Gasteiger charge is -2.02. The molecule has 0 atom stereocenters. The standard InChI is InChI=1S/C12H8FN3O2S/c1-7-11(15-5-4-14-12(15)19-7)8-2-3-9(13)10(6-8)16(17)18/h2-6H,1H3. The average Bonchev–Trinajstić information content (AvgIpc) is 2.89. The van der Waals surface area contributed by atoms with Crippen LogP contribution in [-0.4, -0.2) is 14.3 Å². The summed E-state index contributed by atoms with van der Waals surface area (Å²) in [6.07, 6.45) is 3.44. The normalized spacial score (nSPS) is 11.1. The van der Waals surface area contributed by atoms with Gasteiger partial charge in [-0.2, -0.15) is 4.39 Å². The van der Waals surface area contributed by atoms with Crippen LogP contribution in [0.25, 0.3) is 16.2 Å². The summed E-state index contributed by atoms with van der Waals surface area (Å²) in [5.41, 5.74) is 0.895. The van der Waals surface area contributed by atoms with Crippen LogP contribution in [0.1, 0.15) is 4.88 Å². The molecule has 7 heteroatoms. The molecule has 0 spiro atoms. The van der Waals surface area contributed by atoms with Gasteiger partial charge in [0.05, 0.1) is 10.6 Å². The first-order chi connectivity index (χ1) is 9.08. The minimum Gasteiger partial charge on any atom is -0.290 e. The van der Waals surface area contributed by atoms with E-state index in [0.717, 1.165) is 21.6 Å². The fourth-order valence-corrected chi connectivity index (χ4v) is 2.98. The van der Waals surface area contributed by atoms with E-state index in [9.17, 15) is 14.5 Å². The minimum absolute atomic E-state index is 0.517.